The van der Waals surface area contributed by atoms with E-state index >= 15 is 0 Å². The summed E-state index contributed by atoms with van der Waals surface area (Å²) >= 11 is 6.89. The van der Waals surface area contributed by atoms with Crippen LogP contribution in [-0.4, -0.2) is 44.2 Å². The summed E-state index contributed by atoms with van der Waals surface area (Å²) in [6, 6.07) is 2.96. The van der Waals surface area contributed by atoms with Gasteiger partial charge in [-0.15, -0.1) is 11.3 Å². The van der Waals surface area contributed by atoms with Crippen LogP contribution in [0, 0.1) is 0 Å². The number of hydrogen-bond donors (Lipinski definition) is 1. The molecule has 0 saturated heterocycles. The van der Waals surface area contributed by atoms with Crippen LogP contribution in [0.15, 0.2) is 22.4 Å². The highest BCUT2D eigenvalue weighted by molar-refractivity contribution is 7.93. The number of hydrogen-bond acceptors (Lipinski definition) is 9. The van der Waals surface area contributed by atoms with Crippen molar-refractivity contribution in [1.82, 2.24) is 15.0 Å². The van der Waals surface area contributed by atoms with Gasteiger partial charge in [0.2, 0.25) is 11.7 Å². The number of fused-ring (bicyclic) bond motifs is 1. The molecule has 0 amide bonds. The predicted octanol–water partition coefficient (Wildman–Crippen LogP) is 3.16. The molecule has 0 saturated carbocycles. The molecule has 28 heavy (non-hydrogen) atoms. The van der Waals surface area contributed by atoms with Crippen LogP contribution < -0.4 is 18.9 Å². The van der Waals surface area contributed by atoms with E-state index in [4.69, 9.17) is 21.1 Å². The Balaban J connectivity index is 2.01. The fraction of sp³-hybridized carbons (Fsp3) is 0.214. The van der Waals surface area contributed by atoms with E-state index < -0.39 is 40.1 Å². The molecule has 14 heteroatoms. The first-order valence-corrected chi connectivity index (χ1v) is 10.0. The smallest absolute Gasteiger partial charge is 0.387 e. The number of ether oxygens (including phenoxy) is 3. The van der Waals surface area contributed by atoms with Gasteiger partial charge in [0.05, 0.1) is 14.2 Å². The maximum Gasteiger partial charge on any atom is 0.387 e. The Bertz CT molecular complexity index is 1100. The summed E-state index contributed by atoms with van der Waals surface area (Å²) in [6.45, 7) is -3.19. The van der Waals surface area contributed by atoms with E-state index in [2.05, 4.69) is 24.4 Å². The molecule has 150 valence electrons. The molecule has 9 nitrogen and oxygen atoms in total. The van der Waals surface area contributed by atoms with Crippen LogP contribution in [0.5, 0.6) is 17.5 Å². The second-order valence-electron chi connectivity index (χ2n) is 4.97. The zero-order valence-corrected chi connectivity index (χ0v) is 16.5. The number of rotatable bonds is 7. The third kappa shape index (κ3) is 4.00. The molecular weight excluding hydrogens is 442 g/mol. The highest BCUT2D eigenvalue weighted by Gasteiger charge is 2.25. The van der Waals surface area contributed by atoms with Gasteiger partial charge in [-0.05, 0) is 12.1 Å². The molecular formula is C14H11ClF2N4O5S2. The van der Waals surface area contributed by atoms with Crippen LogP contribution in [0.3, 0.4) is 0 Å². The monoisotopic (exact) mass is 452 g/mol. The molecule has 0 spiro atoms. The summed E-state index contributed by atoms with van der Waals surface area (Å²) in [4.78, 5) is 11.9. The van der Waals surface area contributed by atoms with E-state index in [1.54, 1.807) is 0 Å². The fourth-order valence-electron chi connectivity index (χ4n) is 2.17. The number of halogens is 3. The number of sulfonamides is 1. The summed E-state index contributed by atoms with van der Waals surface area (Å²) in [6.07, 6.45) is 0. The van der Waals surface area contributed by atoms with Gasteiger partial charge in [-0.2, -0.15) is 18.7 Å². The van der Waals surface area contributed by atoms with Crippen molar-refractivity contribution in [3.8, 4) is 17.5 Å². The van der Waals surface area contributed by atoms with Gasteiger partial charge in [0.15, 0.2) is 0 Å². The number of methoxy groups -OCH3 is 2. The molecule has 3 heterocycles. The lowest BCUT2D eigenvalue weighted by atomic mass is 10.3. The fourth-order valence-corrected chi connectivity index (χ4v) is 4.78. The van der Waals surface area contributed by atoms with Gasteiger partial charge in [0.25, 0.3) is 21.8 Å². The van der Waals surface area contributed by atoms with Crippen molar-refractivity contribution in [2.75, 3.05) is 18.9 Å². The van der Waals surface area contributed by atoms with Gasteiger partial charge in [-0.25, -0.2) is 18.1 Å². The summed E-state index contributed by atoms with van der Waals surface area (Å²) in [5, 5.41) is 1.94. The Morgan fingerprint density at radius 3 is 2.36 bits per heavy atom. The van der Waals surface area contributed by atoms with Crippen LogP contribution in [0.4, 0.5) is 14.7 Å². The third-order valence-electron chi connectivity index (χ3n) is 3.28. The average Bonchev–Trinajstić information content (AvgIpc) is 3.05. The van der Waals surface area contributed by atoms with E-state index in [0.717, 1.165) is 25.6 Å². The standard InChI is InChI=1S/C14H11ClF2N4O5S2/c1-24-10-9(26-13(16)17)11(25-2)20-14(19-10)21-28(22,23)7-5-27-12-6(7)3-4-8(15)18-12/h3-5,13H,1-2H3,(H,19,20,21). The molecule has 0 bridgehead atoms. The van der Waals surface area contributed by atoms with E-state index in [-0.39, 0.29) is 10.0 Å². The highest BCUT2D eigenvalue weighted by atomic mass is 35.5. The normalized spacial score (nSPS) is 11.6. The van der Waals surface area contributed by atoms with Crippen LogP contribution >= 0.6 is 22.9 Å². The zero-order valence-electron chi connectivity index (χ0n) is 14.1. The molecule has 0 aliphatic heterocycles. The molecule has 0 fully saturated rings. The van der Waals surface area contributed by atoms with Crippen molar-refractivity contribution < 1.29 is 31.4 Å². The Hall–Kier alpha value is -2.51. The number of alkyl halides is 2. The van der Waals surface area contributed by atoms with E-state index in [1.165, 1.54) is 17.5 Å². The topological polar surface area (TPSA) is 113 Å². The molecule has 1 N–H and O–H groups in total. The van der Waals surface area contributed by atoms with Gasteiger partial charge in [0.1, 0.15) is 14.9 Å². The summed E-state index contributed by atoms with van der Waals surface area (Å²) < 4.78 is 66.8. The summed E-state index contributed by atoms with van der Waals surface area (Å²) in [5.74, 6) is -1.90. The van der Waals surface area contributed by atoms with Gasteiger partial charge in [-0.3, -0.25) is 0 Å². The van der Waals surface area contributed by atoms with Crippen molar-refractivity contribution in [3.05, 3.63) is 22.7 Å². The lowest BCUT2D eigenvalue weighted by molar-refractivity contribution is -0.0533. The number of anilines is 1. The predicted molar refractivity (Wildman–Crippen MR) is 97.2 cm³/mol. The van der Waals surface area contributed by atoms with Crippen LogP contribution in [-0.2, 0) is 10.0 Å². The van der Waals surface area contributed by atoms with Crippen molar-refractivity contribution in [3.63, 3.8) is 0 Å². The molecule has 3 aromatic heterocycles. The Kier molecular flexibility index (Phi) is 5.67. The molecule has 3 aromatic rings. The van der Waals surface area contributed by atoms with Crippen molar-refractivity contribution in [2.45, 2.75) is 11.5 Å². The first-order valence-electron chi connectivity index (χ1n) is 7.26. The summed E-state index contributed by atoms with van der Waals surface area (Å²) in [5.41, 5.74) is 0. The first kappa shape index (κ1) is 20.2. The van der Waals surface area contributed by atoms with Crippen molar-refractivity contribution >= 4 is 49.1 Å². The van der Waals surface area contributed by atoms with Gasteiger partial charge >= 0.3 is 6.61 Å². The van der Waals surface area contributed by atoms with E-state index in [1.807, 2.05) is 0 Å². The van der Waals surface area contributed by atoms with Crippen LogP contribution in [0.1, 0.15) is 0 Å². The lowest BCUT2D eigenvalue weighted by Crippen LogP contribution is -2.16. The number of thiophene rings is 1. The van der Waals surface area contributed by atoms with Crippen molar-refractivity contribution in [2.24, 2.45) is 0 Å². The first-order chi connectivity index (χ1) is 13.2. The maximum atomic E-state index is 12.7. The van der Waals surface area contributed by atoms with Crippen molar-refractivity contribution in [1.29, 1.82) is 0 Å². The minimum atomic E-state index is -4.14. The summed E-state index contributed by atoms with van der Waals surface area (Å²) in [7, 11) is -1.86. The Morgan fingerprint density at radius 2 is 1.79 bits per heavy atom. The molecule has 3 rings (SSSR count). The third-order valence-corrected chi connectivity index (χ3v) is 5.90. The second kappa shape index (κ2) is 7.85. The van der Waals surface area contributed by atoms with Gasteiger partial charge in [-0.1, -0.05) is 11.6 Å². The molecule has 0 radical (unpaired) electrons. The molecule has 0 aromatic carbocycles. The minimum absolute atomic E-state index is 0.0777. The van der Waals surface area contributed by atoms with E-state index in [9.17, 15) is 17.2 Å². The molecule has 0 aliphatic rings. The Morgan fingerprint density at radius 1 is 1.14 bits per heavy atom. The quantitative estimate of drug-likeness (QED) is 0.544. The maximum absolute atomic E-state index is 12.7. The number of nitrogens with zero attached hydrogens (tertiary/aromatic N) is 3. The lowest BCUT2D eigenvalue weighted by Gasteiger charge is -2.14. The number of nitrogens with one attached hydrogen (secondary N) is 1. The minimum Gasteiger partial charge on any atom is -0.478 e. The largest absolute Gasteiger partial charge is 0.478 e. The van der Waals surface area contributed by atoms with Gasteiger partial charge < -0.3 is 14.2 Å². The highest BCUT2D eigenvalue weighted by Crippen LogP contribution is 2.37. The van der Waals surface area contributed by atoms with Crippen LogP contribution in [0.25, 0.3) is 10.2 Å². The van der Waals surface area contributed by atoms with Crippen LogP contribution in [0.2, 0.25) is 5.15 Å². The SMILES string of the molecule is COc1nc(NS(=O)(=O)c2csc3nc(Cl)ccc23)nc(OC)c1OC(F)F. The molecule has 0 aliphatic carbocycles. The van der Waals surface area contributed by atoms with Gasteiger partial charge in [0, 0.05) is 10.8 Å². The Labute approximate surface area is 166 Å². The number of pyridine rings is 1. The molecule has 0 unspecified atom stereocenters. The second-order valence-corrected chi connectivity index (χ2v) is 7.86. The van der Waals surface area contributed by atoms with E-state index in [0.29, 0.717) is 10.2 Å². The zero-order chi connectivity index (χ0) is 20.5. The molecule has 0 atom stereocenters. The average molecular weight is 453 g/mol. The number of aromatic nitrogens is 3.